The lowest BCUT2D eigenvalue weighted by molar-refractivity contribution is -0.508. The van der Waals surface area contributed by atoms with Gasteiger partial charge in [0.25, 0.3) is 5.84 Å². The van der Waals surface area contributed by atoms with E-state index in [9.17, 15) is 0 Å². The normalized spacial score (nSPS) is 21.7. The first kappa shape index (κ1) is 18.2. The Balaban J connectivity index is 1.37. The number of nitrogen functional groups attached to an aromatic ring is 1. The highest BCUT2D eigenvalue weighted by Gasteiger charge is 2.41. The fourth-order valence-corrected chi connectivity index (χ4v) is 5.17. The molecule has 1 aliphatic carbocycles. The predicted molar refractivity (Wildman–Crippen MR) is 127 cm³/mol. The smallest absolute Gasteiger partial charge is 0.399 e. The van der Waals surface area contributed by atoms with E-state index in [2.05, 4.69) is 80.0 Å². The van der Waals surface area contributed by atoms with Crippen molar-refractivity contribution < 1.29 is 4.58 Å². The summed E-state index contributed by atoms with van der Waals surface area (Å²) in [4.78, 5) is 2.35. The van der Waals surface area contributed by atoms with Gasteiger partial charge in [0, 0.05) is 40.8 Å². The molecule has 0 unspecified atom stereocenters. The Kier molecular flexibility index (Phi) is 3.87. The van der Waals surface area contributed by atoms with Crippen LogP contribution in [0.2, 0.25) is 0 Å². The quantitative estimate of drug-likeness (QED) is 0.402. The molecule has 1 saturated heterocycles. The standard InChI is InChI=1S/C24H25BN7/c26-18-7-5-17(6-8-18)24-20-9-11-22(29-13-1-2-14-29)31(20)25-32-21(24)10-12-23(32)30-15-19(27-28-30)16-3-4-16/h5-12,15-16,26-28H,1-4,13-14H2/p+1. The second kappa shape index (κ2) is 6.80. The maximum absolute atomic E-state index is 6.00. The number of rotatable bonds is 3. The number of hydrazine groups is 2. The van der Waals surface area contributed by atoms with Crippen LogP contribution < -0.4 is 21.7 Å². The molecule has 2 fully saturated rings. The van der Waals surface area contributed by atoms with Crippen molar-refractivity contribution in [3.8, 4) is 0 Å². The summed E-state index contributed by atoms with van der Waals surface area (Å²) in [6, 6.07) is 12.6. The Morgan fingerprint density at radius 3 is 2.59 bits per heavy atom. The number of hydrogen-bond donors (Lipinski definition) is 3. The lowest BCUT2D eigenvalue weighted by Crippen LogP contribution is -2.44. The van der Waals surface area contributed by atoms with E-state index in [0.29, 0.717) is 5.92 Å². The molecule has 0 bridgehead atoms. The Labute approximate surface area is 188 Å². The molecule has 4 N–H and O–H groups in total. The van der Waals surface area contributed by atoms with Gasteiger partial charge in [-0.15, -0.1) is 5.53 Å². The van der Waals surface area contributed by atoms with Crippen LogP contribution in [-0.2, 0) is 0 Å². The fraction of sp³-hybridized carbons (Fsp3) is 0.292. The van der Waals surface area contributed by atoms with Gasteiger partial charge in [-0.05, 0) is 61.6 Å². The number of amidine groups is 1. The van der Waals surface area contributed by atoms with Gasteiger partial charge in [-0.25, -0.2) is 5.01 Å². The monoisotopic (exact) mass is 423 g/mol. The van der Waals surface area contributed by atoms with Crippen molar-refractivity contribution in [2.75, 3.05) is 23.8 Å². The van der Waals surface area contributed by atoms with Gasteiger partial charge in [-0.1, -0.05) is 12.1 Å². The summed E-state index contributed by atoms with van der Waals surface area (Å²) in [5.74, 6) is 3.02. The van der Waals surface area contributed by atoms with E-state index < -0.39 is 0 Å². The Hall–Kier alpha value is -3.39. The van der Waals surface area contributed by atoms with Gasteiger partial charge >= 0.3 is 7.55 Å². The summed E-state index contributed by atoms with van der Waals surface area (Å²) < 4.78 is 4.79. The Morgan fingerprint density at radius 2 is 1.81 bits per heavy atom. The zero-order valence-corrected chi connectivity index (χ0v) is 18.0. The molecule has 1 saturated carbocycles. The third kappa shape index (κ3) is 2.76. The van der Waals surface area contributed by atoms with Crippen LogP contribution in [0.25, 0.3) is 5.57 Å². The lowest BCUT2D eigenvalue weighted by Gasteiger charge is -2.27. The third-order valence-electron chi connectivity index (χ3n) is 7.02. The van der Waals surface area contributed by atoms with Gasteiger partial charge in [0.05, 0.1) is 13.1 Å². The zero-order chi connectivity index (χ0) is 21.2. The number of nitrogens with zero attached hydrogens (tertiary/aromatic N) is 4. The minimum Gasteiger partial charge on any atom is -0.399 e. The van der Waals surface area contributed by atoms with E-state index >= 15 is 0 Å². The summed E-state index contributed by atoms with van der Waals surface area (Å²) in [6.45, 7) is 2.23. The largest absolute Gasteiger partial charge is 0.553 e. The number of hydrogen-bond acceptors (Lipinski definition) is 4. The first-order valence-corrected chi connectivity index (χ1v) is 11.5. The molecule has 1 aromatic carbocycles. The van der Waals surface area contributed by atoms with Crippen molar-refractivity contribution >= 4 is 30.5 Å². The number of nitrogens with two attached hydrogens (primary N) is 1. The average Bonchev–Trinajstić information content (AvgIpc) is 3.25. The number of fused-ring (bicyclic) bond motifs is 2. The summed E-state index contributed by atoms with van der Waals surface area (Å²) in [5, 5.41) is 2.10. The predicted octanol–water partition coefficient (Wildman–Crippen LogP) is 2.38. The van der Waals surface area contributed by atoms with Crippen molar-refractivity contribution in [2.24, 2.45) is 5.92 Å². The van der Waals surface area contributed by atoms with Gasteiger partial charge in [-0.3, -0.25) is 9.39 Å². The van der Waals surface area contributed by atoms with Crippen molar-refractivity contribution in [1.29, 1.82) is 0 Å². The molecule has 7 nitrogen and oxygen atoms in total. The van der Waals surface area contributed by atoms with Crippen molar-refractivity contribution in [3.63, 3.8) is 0 Å². The Bertz CT molecular complexity index is 1220. The average molecular weight is 423 g/mol. The van der Waals surface area contributed by atoms with Crippen LogP contribution >= 0.6 is 0 Å². The molecule has 1 aromatic heterocycles. The molecule has 2 aromatic rings. The van der Waals surface area contributed by atoms with Crippen LogP contribution in [0, 0.1) is 5.92 Å². The van der Waals surface area contributed by atoms with E-state index in [4.69, 9.17) is 5.73 Å². The first-order valence-electron chi connectivity index (χ1n) is 11.5. The van der Waals surface area contributed by atoms with Crippen molar-refractivity contribution in [1.82, 2.24) is 20.2 Å². The van der Waals surface area contributed by atoms with Gasteiger partial charge < -0.3 is 15.6 Å². The summed E-state index contributed by atoms with van der Waals surface area (Å²) in [7, 11) is 2.24. The number of allylic oxidation sites excluding steroid dienone is 2. The summed E-state index contributed by atoms with van der Waals surface area (Å²) >= 11 is 0. The van der Waals surface area contributed by atoms with Gasteiger partial charge in [0.2, 0.25) is 0 Å². The van der Waals surface area contributed by atoms with Gasteiger partial charge in [-0.2, -0.15) is 0 Å². The molecule has 159 valence electrons. The molecule has 32 heavy (non-hydrogen) atoms. The highest BCUT2D eigenvalue weighted by molar-refractivity contribution is 6.41. The zero-order valence-electron chi connectivity index (χ0n) is 18.0. The molecule has 5 heterocycles. The molecule has 4 aliphatic heterocycles. The van der Waals surface area contributed by atoms with Gasteiger partial charge in [0.15, 0.2) is 0 Å². The first-order chi connectivity index (χ1) is 15.8. The molecule has 5 aliphatic rings. The molecule has 0 amide bonds. The second-order valence-electron chi connectivity index (χ2n) is 9.17. The summed E-state index contributed by atoms with van der Waals surface area (Å²) in [6.07, 6.45) is 11.8. The van der Waals surface area contributed by atoms with E-state index in [1.165, 1.54) is 59.7 Å². The second-order valence-corrected chi connectivity index (χ2v) is 9.17. The molecule has 8 heteroatoms. The van der Waals surface area contributed by atoms with Crippen LogP contribution in [0.1, 0.15) is 36.9 Å². The molecular weight excluding hydrogens is 397 g/mol. The van der Waals surface area contributed by atoms with Crippen LogP contribution in [-0.4, -0.2) is 40.3 Å². The Morgan fingerprint density at radius 1 is 1.00 bits per heavy atom. The fourth-order valence-electron chi connectivity index (χ4n) is 5.17. The number of nitrogens with one attached hydrogen (secondary N) is 2. The number of anilines is 2. The van der Waals surface area contributed by atoms with E-state index in [0.717, 1.165) is 24.6 Å². The molecule has 0 spiro atoms. The maximum atomic E-state index is 6.00. The third-order valence-corrected chi connectivity index (χ3v) is 7.02. The highest BCUT2D eigenvalue weighted by Crippen LogP contribution is 2.40. The molecule has 7 rings (SSSR count). The molecule has 0 atom stereocenters. The highest BCUT2D eigenvalue weighted by atomic mass is 15.7. The van der Waals surface area contributed by atoms with Crippen molar-refractivity contribution in [3.05, 3.63) is 77.4 Å². The van der Waals surface area contributed by atoms with Crippen molar-refractivity contribution in [2.45, 2.75) is 25.7 Å². The van der Waals surface area contributed by atoms with E-state index in [1.54, 1.807) is 0 Å². The van der Waals surface area contributed by atoms with Crippen LogP contribution in [0.3, 0.4) is 0 Å². The van der Waals surface area contributed by atoms with Crippen LogP contribution in [0.15, 0.2) is 66.1 Å². The maximum Gasteiger partial charge on any atom is 0.553 e. The number of aromatic nitrogens is 1. The van der Waals surface area contributed by atoms with Crippen LogP contribution in [0.4, 0.5) is 11.5 Å². The van der Waals surface area contributed by atoms with Crippen LogP contribution in [0.5, 0.6) is 0 Å². The minimum atomic E-state index is 0.669. The van der Waals surface area contributed by atoms with Gasteiger partial charge in [0.1, 0.15) is 11.5 Å². The van der Waals surface area contributed by atoms with E-state index in [1.807, 2.05) is 12.1 Å². The topological polar surface area (TPSA) is 64.5 Å². The van der Waals surface area contributed by atoms with E-state index in [-0.39, 0.29) is 0 Å². The summed E-state index contributed by atoms with van der Waals surface area (Å²) in [5.41, 5.74) is 19.5. The lowest BCUT2D eigenvalue weighted by atomic mass is 9.91. The molecular formula is C24H26BN7+. The molecule has 1 radical (unpaired) electrons. The SMILES string of the molecule is Nc1ccc(C2=C3C=CC(=[N+]4CCCC4)N3[B]n3c2ccc3N2C=C(C3CC3)NN2)cc1. The minimum absolute atomic E-state index is 0.669. The number of benzene rings is 1.